The molecule has 0 aromatic heterocycles. The Morgan fingerprint density at radius 2 is 1.68 bits per heavy atom. The summed E-state index contributed by atoms with van der Waals surface area (Å²) in [5, 5.41) is 2.61. The molecule has 1 N–H and O–H groups in total. The number of anilines is 1. The van der Waals surface area contributed by atoms with E-state index in [9.17, 15) is 13.2 Å². The maximum Gasteiger partial charge on any atom is 0.243 e. The van der Waals surface area contributed by atoms with Crippen LogP contribution in [-0.4, -0.2) is 57.1 Å². The number of hydrogen-bond donors (Lipinski definition) is 1. The van der Waals surface area contributed by atoms with E-state index in [1.807, 2.05) is 0 Å². The first-order valence-corrected chi connectivity index (χ1v) is 8.50. The quantitative estimate of drug-likeness (QED) is 0.734. The molecule has 8 heteroatoms. The molecule has 0 bridgehead atoms. The van der Waals surface area contributed by atoms with E-state index < -0.39 is 10.0 Å². The lowest BCUT2D eigenvalue weighted by Crippen LogP contribution is -2.37. The van der Waals surface area contributed by atoms with Crippen molar-refractivity contribution in [2.75, 3.05) is 31.6 Å². The van der Waals surface area contributed by atoms with E-state index in [0.717, 1.165) is 0 Å². The van der Waals surface area contributed by atoms with Crippen LogP contribution in [0.25, 0.3) is 0 Å². The Kier molecular flexibility index (Phi) is 4.18. The van der Waals surface area contributed by atoms with Gasteiger partial charge in [0.15, 0.2) is 0 Å². The highest BCUT2D eigenvalue weighted by molar-refractivity contribution is 7.89. The Bertz CT molecular complexity index is 636. The van der Waals surface area contributed by atoms with Crippen molar-refractivity contribution in [1.82, 2.24) is 4.31 Å². The largest absolute Gasteiger partial charge is 0.372 e. The van der Waals surface area contributed by atoms with Crippen molar-refractivity contribution in [1.29, 1.82) is 0 Å². The van der Waals surface area contributed by atoms with Crippen LogP contribution in [0.4, 0.5) is 5.69 Å². The number of sulfonamides is 1. The lowest BCUT2D eigenvalue weighted by Gasteiger charge is -2.20. The number of epoxide rings is 2. The average Bonchev–Trinajstić information content (AvgIpc) is 3.33. The van der Waals surface area contributed by atoms with Crippen LogP contribution >= 0.6 is 0 Å². The van der Waals surface area contributed by atoms with Gasteiger partial charge in [-0.2, -0.15) is 4.31 Å². The normalized spacial score (nSPS) is 23.4. The number of nitrogens with zero attached hydrogens (tertiary/aromatic N) is 1. The SMILES string of the molecule is CC(=O)Nc1ccc(S(=O)(=O)N(CC2CO2)CC2CO2)cc1. The molecule has 2 aliphatic rings. The van der Waals surface area contributed by atoms with Gasteiger partial charge in [-0.05, 0) is 24.3 Å². The topological polar surface area (TPSA) is 91.5 Å². The minimum atomic E-state index is -3.60. The summed E-state index contributed by atoms with van der Waals surface area (Å²) >= 11 is 0. The van der Waals surface area contributed by atoms with Crippen molar-refractivity contribution in [2.24, 2.45) is 0 Å². The summed E-state index contributed by atoms with van der Waals surface area (Å²) in [5.74, 6) is -0.200. The van der Waals surface area contributed by atoms with Crippen molar-refractivity contribution < 1.29 is 22.7 Å². The Labute approximate surface area is 129 Å². The van der Waals surface area contributed by atoms with Crippen LogP contribution < -0.4 is 5.32 Å². The minimum Gasteiger partial charge on any atom is -0.372 e. The van der Waals surface area contributed by atoms with E-state index in [0.29, 0.717) is 32.0 Å². The molecule has 22 heavy (non-hydrogen) atoms. The number of carbonyl (C=O) groups is 1. The first-order valence-electron chi connectivity index (χ1n) is 7.06. The van der Waals surface area contributed by atoms with Crippen molar-refractivity contribution in [3.05, 3.63) is 24.3 Å². The van der Waals surface area contributed by atoms with Crippen LogP contribution in [0.5, 0.6) is 0 Å². The zero-order valence-corrected chi connectivity index (χ0v) is 13.0. The third-order valence-corrected chi connectivity index (χ3v) is 5.28. The number of ether oxygens (including phenoxy) is 2. The Morgan fingerprint density at radius 1 is 1.18 bits per heavy atom. The van der Waals surface area contributed by atoms with Gasteiger partial charge >= 0.3 is 0 Å². The van der Waals surface area contributed by atoms with E-state index in [-0.39, 0.29) is 23.0 Å². The third-order valence-electron chi connectivity index (χ3n) is 3.43. The summed E-state index contributed by atoms with van der Waals surface area (Å²) in [6.45, 7) is 3.28. The molecule has 7 nitrogen and oxygen atoms in total. The van der Waals surface area contributed by atoms with Gasteiger partial charge < -0.3 is 14.8 Å². The van der Waals surface area contributed by atoms with E-state index in [4.69, 9.17) is 9.47 Å². The maximum absolute atomic E-state index is 12.7. The summed E-state index contributed by atoms with van der Waals surface area (Å²) in [5.41, 5.74) is 0.564. The molecule has 1 aromatic rings. The molecule has 1 amide bonds. The smallest absolute Gasteiger partial charge is 0.243 e. The van der Waals surface area contributed by atoms with Crippen LogP contribution in [-0.2, 0) is 24.3 Å². The highest BCUT2D eigenvalue weighted by atomic mass is 32.2. The van der Waals surface area contributed by atoms with Gasteiger partial charge in [-0.3, -0.25) is 4.79 Å². The van der Waals surface area contributed by atoms with Crippen molar-refractivity contribution in [3.63, 3.8) is 0 Å². The zero-order valence-electron chi connectivity index (χ0n) is 12.2. The molecule has 3 rings (SSSR count). The average molecular weight is 326 g/mol. The van der Waals surface area contributed by atoms with Gasteiger partial charge in [0.1, 0.15) is 0 Å². The lowest BCUT2D eigenvalue weighted by molar-refractivity contribution is -0.114. The fraction of sp³-hybridized carbons (Fsp3) is 0.500. The molecular formula is C14H18N2O5S. The number of benzene rings is 1. The fourth-order valence-corrected chi connectivity index (χ4v) is 3.64. The predicted molar refractivity (Wildman–Crippen MR) is 79.0 cm³/mol. The monoisotopic (exact) mass is 326 g/mol. The van der Waals surface area contributed by atoms with E-state index >= 15 is 0 Å². The molecule has 1 aromatic carbocycles. The first-order chi connectivity index (χ1) is 10.4. The van der Waals surface area contributed by atoms with Gasteiger partial charge in [0.05, 0.1) is 30.3 Å². The summed E-state index contributed by atoms with van der Waals surface area (Å²) in [6, 6.07) is 6.14. The number of nitrogens with one attached hydrogen (secondary N) is 1. The summed E-state index contributed by atoms with van der Waals surface area (Å²) in [7, 11) is -3.60. The molecule has 2 unspecified atom stereocenters. The zero-order chi connectivity index (χ0) is 15.7. The van der Waals surface area contributed by atoms with E-state index in [1.54, 1.807) is 12.1 Å². The fourth-order valence-electron chi connectivity index (χ4n) is 2.13. The molecule has 0 aliphatic carbocycles. The highest BCUT2D eigenvalue weighted by Gasteiger charge is 2.37. The van der Waals surface area contributed by atoms with Crippen molar-refractivity contribution in [3.8, 4) is 0 Å². The Hall–Kier alpha value is -1.48. The third kappa shape index (κ3) is 3.83. The van der Waals surface area contributed by atoms with Gasteiger partial charge in [-0.1, -0.05) is 0 Å². The molecule has 2 atom stereocenters. The molecule has 0 spiro atoms. The first kappa shape index (κ1) is 15.4. The van der Waals surface area contributed by atoms with Gasteiger partial charge in [0.2, 0.25) is 15.9 Å². The summed E-state index contributed by atoms with van der Waals surface area (Å²) in [6.07, 6.45) is -0.0423. The highest BCUT2D eigenvalue weighted by Crippen LogP contribution is 2.24. The van der Waals surface area contributed by atoms with Crippen molar-refractivity contribution in [2.45, 2.75) is 24.0 Å². The van der Waals surface area contributed by atoms with Crippen LogP contribution in [0.1, 0.15) is 6.92 Å². The van der Waals surface area contributed by atoms with Crippen LogP contribution in [0.15, 0.2) is 29.2 Å². The Morgan fingerprint density at radius 3 is 2.09 bits per heavy atom. The van der Waals surface area contributed by atoms with Gasteiger partial charge in [-0.25, -0.2) is 8.42 Å². The van der Waals surface area contributed by atoms with Crippen LogP contribution in [0, 0.1) is 0 Å². The van der Waals surface area contributed by atoms with Gasteiger partial charge in [-0.15, -0.1) is 0 Å². The molecule has 2 saturated heterocycles. The molecule has 0 saturated carbocycles. The molecule has 0 radical (unpaired) electrons. The van der Waals surface area contributed by atoms with Crippen molar-refractivity contribution >= 4 is 21.6 Å². The molecular weight excluding hydrogens is 308 g/mol. The van der Waals surface area contributed by atoms with Crippen LogP contribution in [0.2, 0.25) is 0 Å². The summed E-state index contributed by atoms with van der Waals surface area (Å²) in [4.78, 5) is 11.2. The van der Waals surface area contributed by atoms with E-state index in [1.165, 1.54) is 23.4 Å². The second kappa shape index (κ2) is 5.96. The predicted octanol–water partition coefficient (Wildman–Crippen LogP) is 0.433. The maximum atomic E-state index is 12.7. The second-order valence-electron chi connectivity index (χ2n) is 5.44. The molecule has 2 aliphatic heterocycles. The molecule has 120 valence electrons. The minimum absolute atomic E-state index is 0.0211. The lowest BCUT2D eigenvalue weighted by atomic mass is 10.3. The molecule has 2 fully saturated rings. The number of amides is 1. The van der Waals surface area contributed by atoms with Gasteiger partial charge in [0.25, 0.3) is 0 Å². The summed E-state index contributed by atoms with van der Waals surface area (Å²) < 4.78 is 37.1. The van der Waals surface area contributed by atoms with Gasteiger partial charge in [0, 0.05) is 25.7 Å². The standard InChI is InChI=1S/C14H18N2O5S/c1-10(17)15-11-2-4-14(5-3-11)22(18,19)16(6-12-8-20-12)7-13-9-21-13/h2-5,12-13H,6-9H2,1H3,(H,15,17). The number of rotatable bonds is 7. The Balaban J connectivity index is 1.77. The second-order valence-corrected chi connectivity index (χ2v) is 7.38. The molecule has 2 heterocycles. The number of carbonyl (C=O) groups excluding carboxylic acids is 1. The number of hydrogen-bond acceptors (Lipinski definition) is 5. The van der Waals surface area contributed by atoms with Crippen LogP contribution in [0.3, 0.4) is 0 Å². The van der Waals surface area contributed by atoms with E-state index in [2.05, 4.69) is 5.32 Å².